The Morgan fingerprint density at radius 1 is 1.10 bits per heavy atom. The Morgan fingerprint density at radius 2 is 1.77 bits per heavy atom. The zero-order chi connectivity index (χ0) is 22.2. The van der Waals surface area contributed by atoms with Gasteiger partial charge in [0, 0.05) is 25.2 Å². The van der Waals surface area contributed by atoms with E-state index < -0.39 is 12.0 Å². The van der Waals surface area contributed by atoms with Gasteiger partial charge in [0.1, 0.15) is 5.82 Å². The molecule has 0 aliphatic carbocycles. The summed E-state index contributed by atoms with van der Waals surface area (Å²) in [4.78, 5) is 14.5. The van der Waals surface area contributed by atoms with E-state index in [1.54, 1.807) is 29.2 Å². The van der Waals surface area contributed by atoms with E-state index in [1.807, 2.05) is 13.8 Å². The van der Waals surface area contributed by atoms with Crippen molar-refractivity contribution in [3.8, 4) is 0 Å². The molecule has 2 unspecified atom stereocenters. The highest BCUT2D eigenvalue weighted by atomic mass is 19.4. The number of halogens is 3. The van der Waals surface area contributed by atoms with Gasteiger partial charge in [0.2, 0.25) is 0 Å². The molecule has 0 bridgehead atoms. The van der Waals surface area contributed by atoms with Crippen LogP contribution in [0.1, 0.15) is 35.6 Å². The highest BCUT2D eigenvalue weighted by Gasteiger charge is 2.37. The molecule has 31 heavy (non-hydrogen) atoms. The molecule has 0 spiro atoms. The topological polar surface area (TPSA) is 84.7 Å². The Kier molecular flexibility index (Phi) is 5.52. The molecule has 4 rings (SSSR count). The zero-order valence-corrected chi connectivity index (χ0v) is 16.9. The highest BCUT2D eigenvalue weighted by Crippen LogP contribution is 2.27. The SMILES string of the molecule is CC1CN(C(=O)c2ccc(CNc3ccc4nnc(C(F)(F)F)n4n3)cc2)CC(C)O1. The molecule has 0 saturated carbocycles. The second kappa shape index (κ2) is 8.14. The van der Waals surface area contributed by atoms with E-state index in [2.05, 4.69) is 20.6 Å². The van der Waals surface area contributed by atoms with Crippen molar-refractivity contribution in [2.45, 2.75) is 38.8 Å². The largest absolute Gasteiger partial charge is 0.453 e. The summed E-state index contributed by atoms with van der Waals surface area (Å²) >= 11 is 0. The van der Waals surface area contributed by atoms with Gasteiger partial charge in [-0.2, -0.15) is 17.7 Å². The molecule has 1 aromatic carbocycles. The lowest BCUT2D eigenvalue weighted by Crippen LogP contribution is -2.48. The van der Waals surface area contributed by atoms with Crippen molar-refractivity contribution in [2.75, 3.05) is 18.4 Å². The molecule has 3 heterocycles. The Morgan fingerprint density at radius 3 is 2.42 bits per heavy atom. The fourth-order valence-electron chi connectivity index (χ4n) is 3.54. The summed E-state index contributed by atoms with van der Waals surface area (Å²) in [6.45, 7) is 5.29. The van der Waals surface area contributed by atoms with Crippen LogP contribution in [0.3, 0.4) is 0 Å². The van der Waals surface area contributed by atoms with Crippen LogP contribution in [0.15, 0.2) is 36.4 Å². The molecule has 164 valence electrons. The number of nitrogens with zero attached hydrogens (tertiary/aromatic N) is 5. The molecule has 1 fully saturated rings. The van der Waals surface area contributed by atoms with Crippen molar-refractivity contribution < 1.29 is 22.7 Å². The van der Waals surface area contributed by atoms with Crippen molar-refractivity contribution in [2.24, 2.45) is 0 Å². The number of ether oxygens (including phenoxy) is 1. The van der Waals surface area contributed by atoms with Crippen LogP contribution >= 0.6 is 0 Å². The molecule has 3 aromatic rings. The van der Waals surface area contributed by atoms with Gasteiger partial charge in [-0.3, -0.25) is 4.79 Å². The number of nitrogens with one attached hydrogen (secondary N) is 1. The fourth-order valence-corrected chi connectivity index (χ4v) is 3.54. The minimum Gasteiger partial charge on any atom is -0.372 e. The summed E-state index contributed by atoms with van der Waals surface area (Å²) in [7, 11) is 0. The Bertz CT molecular complexity index is 1070. The molecular weight excluding hydrogens is 413 g/mol. The van der Waals surface area contributed by atoms with Crippen molar-refractivity contribution in [3.05, 3.63) is 53.3 Å². The molecule has 2 atom stereocenters. The summed E-state index contributed by atoms with van der Waals surface area (Å²) in [5, 5.41) is 13.5. The molecule has 1 saturated heterocycles. The van der Waals surface area contributed by atoms with Crippen LogP contribution in [0, 0.1) is 0 Å². The first kappa shape index (κ1) is 21.0. The third kappa shape index (κ3) is 4.61. The lowest BCUT2D eigenvalue weighted by atomic mass is 10.1. The van der Waals surface area contributed by atoms with Gasteiger partial charge < -0.3 is 15.0 Å². The lowest BCUT2D eigenvalue weighted by molar-refractivity contribution is -0.146. The Labute approximate surface area is 176 Å². The number of morpholine rings is 1. The number of alkyl halides is 3. The number of benzene rings is 1. The van der Waals surface area contributed by atoms with Crippen molar-refractivity contribution in [3.63, 3.8) is 0 Å². The molecule has 1 aliphatic rings. The number of anilines is 1. The first-order chi connectivity index (χ1) is 14.7. The number of fused-ring (bicyclic) bond motifs is 1. The average molecular weight is 434 g/mol. The predicted molar refractivity (Wildman–Crippen MR) is 105 cm³/mol. The van der Waals surface area contributed by atoms with Crippen LogP contribution in [-0.2, 0) is 17.5 Å². The minimum absolute atomic E-state index is 0.00693. The normalized spacial score (nSPS) is 19.6. The highest BCUT2D eigenvalue weighted by molar-refractivity contribution is 5.94. The molecule has 1 aliphatic heterocycles. The number of hydrogen-bond donors (Lipinski definition) is 1. The quantitative estimate of drug-likeness (QED) is 0.680. The fraction of sp³-hybridized carbons (Fsp3) is 0.400. The van der Waals surface area contributed by atoms with Gasteiger partial charge in [-0.05, 0) is 43.7 Å². The number of amides is 1. The zero-order valence-electron chi connectivity index (χ0n) is 16.9. The molecule has 2 aromatic heterocycles. The molecule has 1 N–H and O–H groups in total. The third-order valence-corrected chi connectivity index (χ3v) is 4.90. The minimum atomic E-state index is -4.65. The first-order valence-electron chi connectivity index (χ1n) is 9.78. The predicted octanol–water partition coefficient (Wildman–Crippen LogP) is 3.00. The van der Waals surface area contributed by atoms with Gasteiger partial charge in [0.05, 0.1) is 12.2 Å². The van der Waals surface area contributed by atoms with Crippen molar-refractivity contribution in [1.29, 1.82) is 0 Å². The second-order valence-electron chi connectivity index (χ2n) is 7.53. The van der Waals surface area contributed by atoms with Crippen LogP contribution in [0.4, 0.5) is 19.0 Å². The standard InChI is InChI=1S/C20H21F3N6O2/c1-12-10-28(11-13(2)31-12)18(30)15-5-3-14(4-6-15)9-24-16-7-8-17-25-26-19(20(21,22)23)29(17)27-16/h3-8,12-13H,9-11H2,1-2H3,(H,24,27). The molecule has 1 amide bonds. The summed E-state index contributed by atoms with van der Waals surface area (Å²) in [5.41, 5.74) is 1.43. The number of carbonyl (C=O) groups is 1. The van der Waals surface area contributed by atoms with Crippen LogP contribution in [0.5, 0.6) is 0 Å². The second-order valence-corrected chi connectivity index (χ2v) is 7.53. The smallest absolute Gasteiger partial charge is 0.372 e. The number of aromatic nitrogens is 4. The Hall–Kier alpha value is -3.21. The van der Waals surface area contributed by atoms with E-state index in [0.717, 1.165) is 5.56 Å². The van der Waals surface area contributed by atoms with Gasteiger partial charge in [0.15, 0.2) is 5.65 Å². The van der Waals surface area contributed by atoms with Gasteiger partial charge in [-0.1, -0.05) is 12.1 Å². The summed E-state index contributed by atoms with van der Waals surface area (Å²) < 4.78 is 45.3. The van der Waals surface area contributed by atoms with Gasteiger partial charge >= 0.3 is 6.18 Å². The molecule has 8 nitrogen and oxygen atoms in total. The van der Waals surface area contributed by atoms with E-state index >= 15 is 0 Å². The third-order valence-electron chi connectivity index (χ3n) is 4.90. The van der Waals surface area contributed by atoms with Crippen molar-refractivity contribution >= 4 is 17.4 Å². The maximum absolute atomic E-state index is 13.0. The van der Waals surface area contributed by atoms with E-state index in [9.17, 15) is 18.0 Å². The molecule has 11 heteroatoms. The van der Waals surface area contributed by atoms with Crippen LogP contribution in [0.25, 0.3) is 5.65 Å². The maximum Gasteiger partial charge on any atom is 0.453 e. The van der Waals surface area contributed by atoms with E-state index in [0.29, 0.717) is 29.7 Å². The summed E-state index contributed by atoms with van der Waals surface area (Å²) in [6.07, 6.45) is -4.67. The number of carbonyl (C=O) groups excluding carboxylic acids is 1. The number of hydrogen-bond acceptors (Lipinski definition) is 6. The monoisotopic (exact) mass is 434 g/mol. The first-order valence-corrected chi connectivity index (χ1v) is 9.78. The van der Waals surface area contributed by atoms with Gasteiger partial charge in [0.25, 0.3) is 11.7 Å². The molecule has 0 radical (unpaired) electrons. The number of rotatable bonds is 4. The van der Waals surface area contributed by atoms with E-state index in [-0.39, 0.29) is 29.6 Å². The maximum atomic E-state index is 13.0. The Balaban J connectivity index is 1.42. The van der Waals surface area contributed by atoms with Gasteiger partial charge in [-0.15, -0.1) is 15.3 Å². The lowest BCUT2D eigenvalue weighted by Gasteiger charge is -2.35. The van der Waals surface area contributed by atoms with Crippen molar-refractivity contribution in [1.82, 2.24) is 24.7 Å². The average Bonchev–Trinajstić information content (AvgIpc) is 3.15. The van der Waals surface area contributed by atoms with Crippen LogP contribution < -0.4 is 5.32 Å². The van der Waals surface area contributed by atoms with Gasteiger partial charge in [-0.25, -0.2) is 0 Å². The summed E-state index contributed by atoms with van der Waals surface area (Å²) in [6, 6.07) is 10.0. The van der Waals surface area contributed by atoms with E-state index in [4.69, 9.17) is 4.74 Å². The summed E-state index contributed by atoms with van der Waals surface area (Å²) in [5.74, 6) is -0.990. The molecular formula is C20H21F3N6O2. The van der Waals surface area contributed by atoms with E-state index in [1.165, 1.54) is 12.1 Å². The van der Waals surface area contributed by atoms with Crippen LogP contribution in [-0.4, -0.2) is 55.9 Å². The van der Waals surface area contributed by atoms with Crippen LogP contribution in [0.2, 0.25) is 0 Å².